The normalized spacial score (nSPS) is 22.5. The second kappa shape index (κ2) is 4.83. The fourth-order valence-electron chi connectivity index (χ4n) is 1.79. The van der Waals surface area contributed by atoms with E-state index in [0.29, 0.717) is 0 Å². The lowest BCUT2D eigenvalue weighted by molar-refractivity contribution is -0.238. The minimum atomic E-state index is -0.228. The van der Waals surface area contributed by atoms with Gasteiger partial charge in [-0.15, -0.1) is 0 Å². The standard InChI is InChI=1S/C10H20O2/c1-3-9-12-10(11-2)7-5-4-6-8-10/h3-9H2,1-2H3. The van der Waals surface area contributed by atoms with Crippen LogP contribution in [0.1, 0.15) is 45.4 Å². The van der Waals surface area contributed by atoms with Crippen LogP contribution in [0.2, 0.25) is 0 Å². The van der Waals surface area contributed by atoms with Crippen LogP contribution in [0.4, 0.5) is 0 Å². The molecule has 1 aliphatic rings. The van der Waals surface area contributed by atoms with E-state index < -0.39 is 0 Å². The van der Waals surface area contributed by atoms with Crippen molar-refractivity contribution in [2.24, 2.45) is 0 Å². The highest BCUT2D eigenvalue weighted by atomic mass is 16.7. The molecule has 0 aromatic heterocycles. The SMILES string of the molecule is CCCOC1(OC)CCCCC1. The van der Waals surface area contributed by atoms with Crippen molar-refractivity contribution in [2.75, 3.05) is 13.7 Å². The maximum atomic E-state index is 5.75. The van der Waals surface area contributed by atoms with Gasteiger partial charge in [-0.05, 0) is 19.3 Å². The Hall–Kier alpha value is -0.0800. The minimum absolute atomic E-state index is 0.228. The molecular formula is C10H20O2. The van der Waals surface area contributed by atoms with Gasteiger partial charge in [-0.25, -0.2) is 0 Å². The summed E-state index contributed by atoms with van der Waals surface area (Å²) < 4.78 is 11.2. The molecule has 0 aliphatic heterocycles. The van der Waals surface area contributed by atoms with Crippen LogP contribution in [0, 0.1) is 0 Å². The zero-order valence-electron chi connectivity index (χ0n) is 8.27. The first-order chi connectivity index (χ1) is 5.83. The molecule has 1 rings (SSSR count). The third-order valence-corrected chi connectivity index (χ3v) is 2.56. The summed E-state index contributed by atoms with van der Waals surface area (Å²) in [4.78, 5) is 0. The quantitative estimate of drug-likeness (QED) is 0.607. The van der Waals surface area contributed by atoms with Crippen molar-refractivity contribution in [3.8, 4) is 0 Å². The average Bonchev–Trinajstić information content (AvgIpc) is 2.16. The molecule has 0 atom stereocenters. The zero-order chi connectivity index (χ0) is 8.86. The van der Waals surface area contributed by atoms with Gasteiger partial charge in [-0.2, -0.15) is 0 Å². The van der Waals surface area contributed by atoms with E-state index in [1.165, 1.54) is 19.3 Å². The topological polar surface area (TPSA) is 18.5 Å². The zero-order valence-corrected chi connectivity index (χ0v) is 8.27. The highest BCUT2D eigenvalue weighted by molar-refractivity contribution is 4.74. The van der Waals surface area contributed by atoms with Gasteiger partial charge >= 0.3 is 0 Å². The van der Waals surface area contributed by atoms with E-state index in [9.17, 15) is 0 Å². The highest BCUT2D eigenvalue weighted by Crippen LogP contribution is 2.32. The van der Waals surface area contributed by atoms with E-state index in [1.807, 2.05) is 0 Å². The monoisotopic (exact) mass is 172 g/mol. The maximum Gasteiger partial charge on any atom is 0.167 e. The van der Waals surface area contributed by atoms with Crippen molar-refractivity contribution >= 4 is 0 Å². The van der Waals surface area contributed by atoms with Crippen molar-refractivity contribution in [1.82, 2.24) is 0 Å². The maximum absolute atomic E-state index is 5.75. The molecule has 0 unspecified atom stereocenters. The second-order valence-electron chi connectivity index (χ2n) is 3.52. The van der Waals surface area contributed by atoms with Gasteiger partial charge in [0, 0.05) is 26.6 Å². The van der Waals surface area contributed by atoms with E-state index in [2.05, 4.69) is 6.92 Å². The Morgan fingerprint density at radius 1 is 1.17 bits per heavy atom. The summed E-state index contributed by atoms with van der Waals surface area (Å²) in [6.07, 6.45) is 7.05. The van der Waals surface area contributed by atoms with Gasteiger partial charge in [0.2, 0.25) is 0 Å². The third-order valence-electron chi connectivity index (χ3n) is 2.56. The Kier molecular flexibility index (Phi) is 4.02. The number of rotatable bonds is 4. The van der Waals surface area contributed by atoms with Gasteiger partial charge in [0.1, 0.15) is 0 Å². The van der Waals surface area contributed by atoms with Gasteiger partial charge in [-0.1, -0.05) is 13.3 Å². The van der Waals surface area contributed by atoms with Crippen LogP contribution in [-0.2, 0) is 9.47 Å². The number of ether oxygens (including phenoxy) is 2. The average molecular weight is 172 g/mol. The number of hydrogen-bond acceptors (Lipinski definition) is 2. The van der Waals surface area contributed by atoms with E-state index in [0.717, 1.165) is 25.9 Å². The molecule has 0 amide bonds. The van der Waals surface area contributed by atoms with Crippen molar-refractivity contribution in [3.05, 3.63) is 0 Å². The molecule has 12 heavy (non-hydrogen) atoms. The van der Waals surface area contributed by atoms with Crippen molar-refractivity contribution < 1.29 is 9.47 Å². The molecule has 0 radical (unpaired) electrons. The first-order valence-electron chi connectivity index (χ1n) is 5.02. The van der Waals surface area contributed by atoms with E-state index in [1.54, 1.807) is 7.11 Å². The Bertz CT molecular complexity index is 117. The molecule has 72 valence electrons. The summed E-state index contributed by atoms with van der Waals surface area (Å²) in [5.41, 5.74) is 0. The van der Waals surface area contributed by atoms with Crippen LogP contribution >= 0.6 is 0 Å². The summed E-state index contributed by atoms with van der Waals surface area (Å²) >= 11 is 0. The molecule has 2 heteroatoms. The molecule has 1 aliphatic carbocycles. The van der Waals surface area contributed by atoms with Gasteiger partial charge in [-0.3, -0.25) is 0 Å². The molecule has 0 heterocycles. The van der Waals surface area contributed by atoms with Crippen LogP contribution in [0.15, 0.2) is 0 Å². The molecule has 0 aromatic rings. The minimum Gasteiger partial charge on any atom is -0.353 e. The van der Waals surface area contributed by atoms with Gasteiger partial charge in [0.05, 0.1) is 0 Å². The third kappa shape index (κ3) is 2.46. The first-order valence-corrected chi connectivity index (χ1v) is 5.02. The van der Waals surface area contributed by atoms with Crippen LogP contribution in [0.3, 0.4) is 0 Å². The number of hydrogen-bond donors (Lipinski definition) is 0. The van der Waals surface area contributed by atoms with Crippen LogP contribution in [-0.4, -0.2) is 19.5 Å². The lowest BCUT2D eigenvalue weighted by Crippen LogP contribution is -2.37. The molecule has 0 aromatic carbocycles. The molecule has 0 N–H and O–H groups in total. The molecule has 0 bridgehead atoms. The second-order valence-corrected chi connectivity index (χ2v) is 3.52. The lowest BCUT2D eigenvalue weighted by Gasteiger charge is -2.35. The summed E-state index contributed by atoms with van der Waals surface area (Å²) in [5, 5.41) is 0. The largest absolute Gasteiger partial charge is 0.353 e. The predicted octanol–water partition coefficient (Wildman–Crippen LogP) is 2.72. The van der Waals surface area contributed by atoms with E-state index >= 15 is 0 Å². The smallest absolute Gasteiger partial charge is 0.167 e. The van der Waals surface area contributed by atoms with Crippen LogP contribution < -0.4 is 0 Å². The molecule has 2 nitrogen and oxygen atoms in total. The molecule has 1 fully saturated rings. The molecule has 0 spiro atoms. The fourth-order valence-corrected chi connectivity index (χ4v) is 1.79. The first kappa shape index (κ1) is 10.0. The summed E-state index contributed by atoms with van der Waals surface area (Å²) in [5.74, 6) is -0.228. The fraction of sp³-hybridized carbons (Fsp3) is 1.00. The van der Waals surface area contributed by atoms with Crippen molar-refractivity contribution in [1.29, 1.82) is 0 Å². The van der Waals surface area contributed by atoms with Crippen molar-refractivity contribution in [2.45, 2.75) is 51.2 Å². The van der Waals surface area contributed by atoms with E-state index in [-0.39, 0.29) is 5.79 Å². The van der Waals surface area contributed by atoms with Crippen molar-refractivity contribution in [3.63, 3.8) is 0 Å². The Balaban J connectivity index is 2.37. The summed E-state index contributed by atoms with van der Waals surface area (Å²) in [6, 6.07) is 0. The molecular weight excluding hydrogens is 152 g/mol. The van der Waals surface area contributed by atoms with E-state index in [4.69, 9.17) is 9.47 Å². The van der Waals surface area contributed by atoms with Gasteiger partial charge in [0.25, 0.3) is 0 Å². The van der Waals surface area contributed by atoms with Gasteiger partial charge < -0.3 is 9.47 Å². The van der Waals surface area contributed by atoms with Gasteiger partial charge in [0.15, 0.2) is 5.79 Å². The van der Waals surface area contributed by atoms with Crippen LogP contribution in [0.25, 0.3) is 0 Å². The lowest BCUT2D eigenvalue weighted by atomic mass is 9.94. The molecule has 0 saturated heterocycles. The Morgan fingerprint density at radius 3 is 2.33 bits per heavy atom. The summed E-state index contributed by atoms with van der Waals surface area (Å²) in [6.45, 7) is 2.96. The Morgan fingerprint density at radius 2 is 1.83 bits per heavy atom. The summed E-state index contributed by atoms with van der Waals surface area (Å²) in [7, 11) is 1.76. The number of methoxy groups -OCH3 is 1. The Labute approximate surface area is 75.2 Å². The highest BCUT2D eigenvalue weighted by Gasteiger charge is 2.32. The predicted molar refractivity (Wildman–Crippen MR) is 49.1 cm³/mol. The van der Waals surface area contributed by atoms with Crippen LogP contribution in [0.5, 0.6) is 0 Å². The molecule has 1 saturated carbocycles.